The average Bonchev–Trinajstić information content (AvgIpc) is 3.26. The molecule has 0 aromatic carbocycles. The lowest BCUT2D eigenvalue weighted by Gasteiger charge is -2.38. The van der Waals surface area contributed by atoms with Crippen molar-refractivity contribution in [3.8, 4) is 0 Å². The van der Waals surface area contributed by atoms with Crippen LogP contribution in [0.4, 0.5) is 13.2 Å². The standard InChI is InChI=1S/C16H25N3O3S.C2HF3O2/c1-11-14(23-10-17-11)8-19-6-7-21-16-12(19)4-5-13(16)22-9-15(20)18(2)3;3-2(4,5)1(6)7/h10,12-13,16H,4-9H2,1-3H3;(H,6,7)/t12-,13+,16+;/m0./s1. The molecule has 170 valence electrons. The van der Waals surface area contributed by atoms with Gasteiger partial charge in [-0.25, -0.2) is 9.78 Å². The third kappa shape index (κ3) is 6.62. The number of carbonyl (C=O) groups is 2. The molecule has 1 amide bonds. The minimum absolute atomic E-state index is 0.00130. The van der Waals surface area contributed by atoms with Gasteiger partial charge in [-0.2, -0.15) is 13.2 Å². The fourth-order valence-corrected chi connectivity index (χ4v) is 4.14. The van der Waals surface area contributed by atoms with Gasteiger partial charge in [0, 0.05) is 38.1 Å². The lowest BCUT2D eigenvalue weighted by atomic mass is 10.1. The van der Waals surface area contributed by atoms with E-state index in [9.17, 15) is 18.0 Å². The van der Waals surface area contributed by atoms with Gasteiger partial charge in [0.05, 0.1) is 30.0 Å². The molecule has 12 heteroatoms. The summed E-state index contributed by atoms with van der Waals surface area (Å²) in [6.45, 7) is 4.81. The SMILES string of the molecule is Cc1ncsc1CN1CCO[C@H]2[C@H](OCC(=O)N(C)C)CC[C@@H]21.O=C(O)C(F)(F)F. The molecule has 1 saturated carbocycles. The monoisotopic (exact) mass is 453 g/mol. The number of aliphatic carboxylic acids is 1. The van der Waals surface area contributed by atoms with Crippen molar-refractivity contribution in [1.82, 2.24) is 14.8 Å². The summed E-state index contributed by atoms with van der Waals surface area (Å²) in [6.07, 6.45) is -2.97. The van der Waals surface area contributed by atoms with Crippen LogP contribution in [0.5, 0.6) is 0 Å². The summed E-state index contributed by atoms with van der Waals surface area (Å²) >= 11 is 1.72. The number of aryl methyl sites for hydroxylation is 1. The zero-order valence-corrected chi connectivity index (χ0v) is 17.8. The number of nitrogens with zero attached hydrogens (tertiary/aromatic N) is 3. The Balaban J connectivity index is 0.000000396. The smallest absolute Gasteiger partial charge is 0.475 e. The van der Waals surface area contributed by atoms with E-state index < -0.39 is 12.1 Å². The maximum Gasteiger partial charge on any atom is 0.490 e. The first-order valence-electron chi connectivity index (χ1n) is 9.37. The number of morpholine rings is 1. The van der Waals surface area contributed by atoms with Gasteiger partial charge in [0.1, 0.15) is 6.61 Å². The summed E-state index contributed by atoms with van der Waals surface area (Å²) in [5.74, 6) is -2.76. The lowest BCUT2D eigenvalue weighted by molar-refractivity contribution is -0.192. The second kappa shape index (κ2) is 10.5. The highest BCUT2D eigenvalue weighted by atomic mass is 32.1. The van der Waals surface area contributed by atoms with E-state index in [0.29, 0.717) is 6.04 Å². The van der Waals surface area contributed by atoms with E-state index in [-0.39, 0.29) is 24.7 Å². The molecule has 3 rings (SSSR count). The number of carboxylic acid groups (broad SMARTS) is 1. The van der Waals surface area contributed by atoms with Crippen molar-refractivity contribution in [2.24, 2.45) is 0 Å². The fraction of sp³-hybridized carbons (Fsp3) is 0.722. The summed E-state index contributed by atoms with van der Waals surface area (Å²) in [6, 6.07) is 0.379. The number of hydrogen-bond acceptors (Lipinski definition) is 7. The first-order valence-corrected chi connectivity index (χ1v) is 10.2. The third-order valence-corrected chi connectivity index (χ3v) is 5.92. The van der Waals surface area contributed by atoms with Gasteiger partial charge < -0.3 is 19.5 Å². The summed E-state index contributed by atoms with van der Waals surface area (Å²) in [5, 5.41) is 7.12. The number of halogens is 3. The van der Waals surface area contributed by atoms with Crippen molar-refractivity contribution >= 4 is 23.2 Å². The minimum atomic E-state index is -5.08. The summed E-state index contributed by atoms with van der Waals surface area (Å²) in [7, 11) is 3.50. The van der Waals surface area contributed by atoms with Crippen molar-refractivity contribution < 1.29 is 37.3 Å². The van der Waals surface area contributed by atoms with Crippen LogP contribution in [0.1, 0.15) is 23.4 Å². The molecular weight excluding hydrogens is 427 g/mol. The van der Waals surface area contributed by atoms with Crippen LogP contribution < -0.4 is 0 Å². The Bertz CT molecular complexity index is 728. The highest BCUT2D eigenvalue weighted by Crippen LogP contribution is 2.33. The van der Waals surface area contributed by atoms with Crippen molar-refractivity contribution in [3.05, 3.63) is 16.1 Å². The largest absolute Gasteiger partial charge is 0.490 e. The quantitative estimate of drug-likeness (QED) is 0.728. The third-order valence-electron chi connectivity index (χ3n) is 5.00. The minimum Gasteiger partial charge on any atom is -0.475 e. The zero-order chi connectivity index (χ0) is 22.5. The first-order chi connectivity index (χ1) is 14.0. The second-order valence-electron chi connectivity index (χ2n) is 7.25. The average molecular weight is 453 g/mol. The zero-order valence-electron chi connectivity index (χ0n) is 17.0. The number of carboxylic acids is 1. The predicted octanol–water partition coefficient (Wildman–Crippen LogP) is 1.92. The number of amides is 1. The molecule has 8 nitrogen and oxygen atoms in total. The molecule has 0 unspecified atom stereocenters. The van der Waals surface area contributed by atoms with Gasteiger partial charge in [0.25, 0.3) is 0 Å². The van der Waals surface area contributed by atoms with E-state index in [1.54, 1.807) is 30.3 Å². The Morgan fingerprint density at radius 3 is 2.60 bits per heavy atom. The highest BCUT2D eigenvalue weighted by molar-refractivity contribution is 7.09. The summed E-state index contributed by atoms with van der Waals surface area (Å²) in [4.78, 5) is 30.3. The Labute approximate surface area is 176 Å². The molecule has 0 radical (unpaired) electrons. The molecule has 1 saturated heterocycles. The normalized spacial score (nSPS) is 24.0. The van der Waals surface area contributed by atoms with E-state index in [4.69, 9.17) is 19.4 Å². The number of likely N-dealkylation sites (N-methyl/N-ethyl adjacent to an activating group) is 1. The molecule has 0 spiro atoms. The van der Waals surface area contributed by atoms with Gasteiger partial charge >= 0.3 is 12.1 Å². The van der Waals surface area contributed by atoms with Gasteiger partial charge in [-0.15, -0.1) is 11.3 Å². The molecule has 1 N–H and O–H groups in total. The molecule has 1 aromatic rings. The number of carbonyl (C=O) groups excluding carboxylic acids is 1. The fourth-order valence-electron chi connectivity index (χ4n) is 3.34. The first kappa shape index (κ1) is 24.5. The molecule has 30 heavy (non-hydrogen) atoms. The number of alkyl halides is 3. The van der Waals surface area contributed by atoms with Crippen molar-refractivity contribution in [2.75, 3.05) is 33.9 Å². The predicted molar refractivity (Wildman–Crippen MR) is 102 cm³/mol. The molecule has 0 bridgehead atoms. The topological polar surface area (TPSA) is 92.2 Å². The Morgan fingerprint density at radius 2 is 2.07 bits per heavy atom. The Hall–Kier alpha value is -1.76. The number of hydrogen-bond donors (Lipinski definition) is 1. The van der Waals surface area contributed by atoms with Crippen LogP contribution in [0.15, 0.2) is 5.51 Å². The van der Waals surface area contributed by atoms with Crippen molar-refractivity contribution in [3.63, 3.8) is 0 Å². The highest BCUT2D eigenvalue weighted by Gasteiger charge is 2.43. The molecule has 1 aromatic heterocycles. The number of aromatic nitrogens is 1. The Morgan fingerprint density at radius 1 is 1.40 bits per heavy atom. The van der Waals surface area contributed by atoms with Crippen LogP contribution in [0.3, 0.4) is 0 Å². The van der Waals surface area contributed by atoms with Crippen LogP contribution in [-0.4, -0.2) is 90.0 Å². The van der Waals surface area contributed by atoms with Crippen LogP contribution in [0.25, 0.3) is 0 Å². The van der Waals surface area contributed by atoms with Crippen molar-refractivity contribution in [1.29, 1.82) is 0 Å². The van der Waals surface area contributed by atoms with Crippen LogP contribution in [-0.2, 0) is 25.6 Å². The van der Waals surface area contributed by atoms with E-state index in [2.05, 4.69) is 16.8 Å². The van der Waals surface area contributed by atoms with E-state index in [0.717, 1.165) is 38.2 Å². The van der Waals surface area contributed by atoms with Gasteiger partial charge in [-0.1, -0.05) is 0 Å². The molecule has 1 aliphatic heterocycles. The molecule has 2 heterocycles. The summed E-state index contributed by atoms with van der Waals surface area (Å²) < 4.78 is 43.6. The molecule has 1 aliphatic carbocycles. The molecule has 2 aliphatic rings. The number of ether oxygens (including phenoxy) is 2. The maximum atomic E-state index is 11.7. The molecule has 3 atom stereocenters. The molecular formula is C18H26F3N3O5S. The van der Waals surface area contributed by atoms with E-state index >= 15 is 0 Å². The van der Waals surface area contributed by atoms with Crippen LogP contribution >= 0.6 is 11.3 Å². The maximum absolute atomic E-state index is 11.7. The van der Waals surface area contributed by atoms with E-state index in [1.807, 2.05) is 5.51 Å². The van der Waals surface area contributed by atoms with Gasteiger partial charge in [0.15, 0.2) is 0 Å². The number of thiazole rings is 1. The number of fused-ring (bicyclic) bond motifs is 1. The van der Waals surface area contributed by atoms with Gasteiger partial charge in [-0.05, 0) is 19.8 Å². The Kier molecular flexibility index (Phi) is 8.59. The van der Waals surface area contributed by atoms with Crippen LogP contribution in [0, 0.1) is 6.92 Å². The van der Waals surface area contributed by atoms with Gasteiger partial charge in [-0.3, -0.25) is 9.69 Å². The van der Waals surface area contributed by atoms with Crippen molar-refractivity contribution in [2.45, 2.75) is 50.7 Å². The summed E-state index contributed by atoms with van der Waals surface area (Å²) in [5.41, 5.74) is 3.04. The van der Waals surface area contributed by atoms with Gasteiger partial charge in [0.2, 0.25) is 5.91 Å². The lowest BCUT2D eigenvalue weighted by Crippen LogP contribution is -2.51. The van der Waals surface area contributed by atoms with Crippen LogP contribution in [0.2, 0.25) is 0 Å². The molecule has 2 fully saturated rings. The van der Waals surface area contributed by atoms with E-state index in [1.165, 1.54) is 4.88 Å². The number of rotatable bonds is 5. The second-order valence-corrected chi connectivity index (χ2v) is 8.19.